The van der Waals surface area contributed by atoms with Crippen LogP contribution in [0.25, 0.3) is 0 Å². The molecule has 0 saturated carbocycles. The second kappa shape index (κ2) is 10.3. The van der Waals surface area contributed by atoms with Crippen LogP contribution in [0.2, 0.25) is 10.0 Å². The molecule has 0 saturated heterocycles. The van der Waals surface area contributed by atoms with Gasteiger partial charge in [-0.15, -0.1) is 0 Å². The molecule has 0 aliphatic rings. The van der Waals surface area contributed by atoms with Crippen molar-refractivity contribution in [3.63, 3.8) is 0 Å². The van der Waals surface area contributed by atoms with Gasteiger partial charge in [0.2, 0.25) is 0 Å². The summed E-state index contributed by atoms with van der Waals surface area (Å²) < 4.78 is 10.9. The molecule has 0 fully saturated rings. The molecule has 3 rings (SSSR count). The minimum absolute atomic E-state index is 0.223. The molecule has 1 N–H and O–H groups in total. The minimum Gasteiger partial charge on any atom is -0.482 e. The summed E-state index contributed by atoms with van der Waals surface area (Å²) in [5.74, 6) is 0.328. The highest BCUT2D eigenvalue weighted by molar-refractivity contribution is 6.35. The molecule has 0 spiro atoms. The third-order valence-corrected chi connectivity index (χ3v) is 4.98. The number of halogens is 2. The second-order valence-corrected chi connectivity index (χ2v) is 7.90. The quantitative estimate of drug-likeness (QED) is 0.331. The van der Waals surface area contributed by atoms with Crippen molar-refractivity contribution in [3.05, 3.63) is 87.9 Å². The molecule has 7 heteroatoms. The zero-order valence-corrected chi connectivity index (χ0v) is 18.5. The molecule has 0 heterocycles. The Hall–Kier alpha value is -3.02. The Kier molecular flexibility index (Phi) is 7.55. The number of esters is 1. The molecule has 0 unspecified atom stereocenters. The Morgan fingerprint density at radius 1 is 0.968 bits per heavy atom. The van der Waals surface area contributed by atoms with E-state index in [9.17, 15) is 9.59 Å². The standard InChI is InChI=1S/C24H21Cl2NO4/c1-15(2)19-5-3-4-6-22(19)30-14-23(28)31-18-10-7-16(8-11-18)24(29)27-21-13-17(25)9-12-20(21)26/h3-13,15H,14H2,1-2H3,(H,27,29). The van der Waals surface area contributed by atoms with Gasteiger partial charge in [-0.1, -0.05) is 55.2 Å². The van der Waals surface area contributed by atoms with E-state index < -0.39 is 5.97 Å². The lowest BCUT2D eigenvalue weighted by Crippen LogP contribution is -2.18. The lowest BCUT2D eigenvalue weighted by molar-refractivity contribution is -0.136. The summed E-state index contributed by atoms with van der Waals surface area (Å²) in [7, 11) is 0. The van der Waals surface area contributed by atoms with Crippen molar-refractivity contribution in [3.8, 4) is 11.5 Å². The summed E-state index contributed by atoms with van der Waals surface area (Å²) in [6.07, 6.45) is 0. The minimum atomic E-state index is -0.540. The van der Waals surface area contributed by atoms with Gasteiger partial charge in [0.15, 0.2) is 6.61 Å². The summed E-state index contributed by atoms with van der Waals surface area (Å²) in [5, 5.41) is 3.53. The fourth-order valence-electron chi connectivity index (χ4n) is 2.85. The van der Waals surface area contributed by atoms with Crippen LogP contribution in [0, 0.1) is 0 Å². The number of anilines is 1. The normalized spacial score (nSPS) is 10.6. The van der Waals surface area contributed by atoms with E-state index in [4.69, 9.17) is 32.7 Å². The Morgan fingerprint density at radius 2 is 1.68 bits per heavy atom. The number of hydrogen-bond acceptors (Lipinski definition) is 4. The topological polar surface area (TPSA) is 64.6 Å². The molecule has 0 aliphatic heterocycles. The molecule has 160 valence electrons. The van der Waals surface area contributed by atoms with Gasteiger partial charge in [0.1, 0.15) is 11.5 Å². The molecular weight excluding hydrogens is 437 g/mol. The number of ether oxygens (including phenoxy) is 2. The molecule has 3 aromatic carbocycles. The van der Waals surface area contributed by atoms with Crippen LogP contribution >= 0.6 is 23.2 Å². The lowest BCUT2D eigenvalue weighted by Gasteiger charge is -2.13. The smallest absolute Gasteiger partial charge is 0.349 e. The van der Waals surface area contributed by atoms with Gasteiger partial charge in [0.25, 0.3) is 5.91 Å². The zero-order chi connectivity index (χ0) is 22.4. The van der Waals surface area contributed by atoms with Crippen LogP contribution in [0.5, 0.6) is 11.5 Å². The molecule has 1 amide bonds. The molecule has 0 aliphatic carbocycles. The van der Waals surface area contributed by atoms with Crippen molar-refractivity contribution in [1.82, 2.24) is 0 Å². The van der Waals surface area contributed by atoms with Gasteiger partial charge in [-0.25, -0.2) is 4.79 Å². The summed E-state index contributed by atoms with van der Waals surface area (Å²) in [6.45, 7) is 3.89. The number of carbonyl (C=O) groups is 2. The molecule has 0 aromatic heterocycles. The number of benzene rings is 3. The first-order chi connectivity index (χ1) is 14.8. The van der Waals surface area contributed by atoms with E-state index >= 15 is 0 Å². The Morgan fingerprint density at radius 3 is 2.39 bits per heavy atom. The average molecular weight is 458 g/mol. The Bertz CT molecular complexity index is 1080. The van der Waals surface area contributed by atoms with E-state index in [0.29, 0.717) is 32.8 Å². The number of amides is 1. The van der Waals surface area contributed by atoms with Gasteiger partial charge in [0, 0.05) is 10.6 Å². The first kappa shape index (κ1) is 22.7. The zero-order valence-electron chi connectivity index (χ0n) is 17.0. The van der Waals surface area contributed by atoms with Crippen LogP contribution in [0.1, 0.15) is 35.7 Å². The Labute approximate surface area is 190 Å². The maximum absolute atomic E-state index is 12.4. The number of hydrogen-bond donors (Lipinski definition) is 1. The lowest BCUT2D eigenvalue weighted by atomic mass is 10.0. The molecule has 0 bridgehead atoms. The van der Waals surface area contributed by atoms with E-state index in [0.717, 1.165) is 5.56 Å². The predicted octanol–water partition coefficient (Wildman–Crippen LogP) is 6.35. The largest absolute Gasteiger partial charge is 0.482 e. The van der Waals surface area contributed by atoms with E-state index in [1.807, 2.05) is 24.3 Å². The molecule has 0 radical (unpaired) electrons. The van der Waals surface area contributed by atoms with Crippen LogP contribution in [-0.4, -0.2) is 18.5 Å². The molecular formula is C24H21Cl2NO4. The van der Waals surface area contributed by atoms with Crippen LogP contribution in [0.3, 0.4) is 0 Å². The predicted molar refractivity (Wildman–Crippen MR) is 123 cm³/mol. The number of para-hydroxylation sites is 1. The summed E-state index contributed by atoms with van der Waals surface area (Å²) in [4.78, 5) is 24.6. The molecule has 31 heavy (non-hydrogen) atoms. The average Bonchev–Trinajstić information content (AvgIpc) is 2.75. The van der Waals surface area contributed by atoms with E-state index in [-0.39, 0.29) is 18.4 Å². The van der Waals surface area contributed by atoms with E-state index in [1.54, 1.807) is 30.3 Å². The summed E-state index contributed by atoms with van der Waals surface area (Å²) in [6, 6.07) is 18.5. The number of nitrogens with one attached hydrogen (secondary N) is 1. The molecule has 3 aromatic rings. The van der Waals surface area contributed by atoms with Crippen molar-refractivity contribution in [2.75, 3.05) is 11.9 Å². The maximum atomic E-state index is 12.4. The third kappa shape index (κ3) is 6.23. The van der Waals surface area contributed by atoms with Crippen LogP contribution in [0.4, 0.5) is 5.69 Å². The first-order valence-electron chi connectivity index (χ1n) is 9.62. The van der Waals surface area contributed by atoms with Crippen molar-refractivity contribution in [2.45, 2.75) is 19.8 Å². The van der Waals surface area contributed by atoms with Crippen LogP contribution in [0.15, 0.2) is 66.7 Å². The van der Waals surface area contributed by atoms with Crippen molar-refractivity contribution in [2.24, 2.45) is 0 Å². The third-order valence-electron chi connectivity index (χ3n) is 4.41. The van der Waals surface area contributed by atoms with Gasteiger partial charge in [-0.2, -0.15) is 0 Å². The SMILES string of the molecule is CC(C)c1ccccc1OCC(=O)Oc1ccc(C(=O)Nc2cc(Cl)ccc2Cl)cc1. The van der Waals surface area contributed by atoms with Crippen molar-refractivity contribution < 1.29 is 19.1 Å². The molecule has 5 nitrogen and oxygen atoms in total. The highest BCUT2D eigenvalue weighted by Gasteiger charge is 2.12. The van der Waals surface area contributed by atoms with E-state index in [2.05, 4.69) is 19.2 Å². The maximum Gasteiger partial charge on any atom is 0.349 e. The van der Waals surface area contributed by atoms with Gasteiger partial charge in [-0.05, 0) is 60.0 Å². The number of rotatable bonds is 7. The van der Waals surface area contributed by atoms with Crippen LogP contribution in [-0.2, 0) is 4.79 Å². The number of carbonyl (C=O) groups excluding carboxylic acids is 2. The second-order valence-electron chi connectivity index (χ2n) is 7.06. The van der Waals surface area contributed by atoms with Gasteiger partial charge in [-0.3, -0.25) is 4.79 Å². The first-order valence-corrected chi connectivity index (χ1v) is 10.4. The highest BCUT2D eigenvalue weighted by Crippen LogP contribution is 2.27. The summed E-state index contributed by atoms with van der Waals surface area (Å²) in [5.41, 5.74) is 1.80. The molecule has 0 atom stereocenters. The highest BCUT2D eigenvalue weighted by atomic mass is 35.5. The van der Waals surface area contributed by atoms with Gasteiger partial charge >= 0.3 is 5.97 Å². The monoisotopic (exact) mass is 457 g/mol. The van der Waals surface area contributed by atoms with Crippen LogP contribution < -0.4 is 14.8 Å². The van der Waals surface area contributed by atoms with Gasteiger partial charge in [0.05, 0.1) is 10.7 Å². The fraction of sp³-hybridized carbons (Fsp3) is 0.167. The fourth-order valence-corrected chi connectivity index (χ4v) is 3.19. The Balaban J connectivity index is 1.57. The van der Waals surface area contributed by atoms with Crippen molar-refractivity contribution >= 4 is 40.8 Å². The van der Waals surface area contributed by atoms with E-state index in [1.165, 1.54) is 12.1 Å². The van der Waals surface area contributed by atoms with Crippen molar-refractivity contribution in [1.29, 1.82) is 0 Å². The van der Waals surface area contributed by atoms with Gasteiger partial charge < -0.3 is 14.8 Å². The summed E-state index contributed by atoms with van der Waals surface area (Å²) >= 11 is 12.0.